The highest BCUT2D eigenvalue weighted by Crippen LogP contribution is 2.23. The number of aliphatic hydroxyl groups excluding tert-OH is 2. The van der Waals surface area contributed by atoms with Crippen molar-refractivity contribution in [2.24, 2.45) is 5.92 Å². The van der Waals surface area contributed by atoms with E-state index >= 15 is 0 Å². The van der Waals surface area contributed by atoms with Crippen molar-refractivity contribution in [3.63, 3.8) is 0 Å². The van der Waals surface area contributed by atoms with Gasteiger partial charge in [-0.3, -0.25) is 4.90 Å². The second kappa shape index (κ2) is 8.03. The van der Waals surface area contributed by atoms with E-state index in [1.54, 1.807) is 6.92 Å². The van der Waals surface area contributed by atoms with Crippen molar-refractivity contribution < 1.29 is 15.3 Å². The van der Waals surface area contributed by atoms with Crippen molar-refractivity contribution in [3.8, 4) is 0 Å². The highest BCUT2D eigenvalue weighted by atomic mass is 16.3. The molecule has 4 nitrogen and oxygen atoms in total. The molecule has 4 heteroatoms. The summed E-state index contributed by atoms with van der Waals surface area (Å²) in [6, 6.07) is -0.318. The third kappa shape index (κ3) is 6.36. The van der Waals surface area contributed by atoms with Crippen molar-refractivity contribution in [1.29, 1.82) is 0 Å². The topological polar surface area (TPSA) is 63.9 Å². The Kier molecular flexibility index (Phi) is 7.96. The highest BCUT2D eigenvalue weighted by molar-refractivity contribution is 4.88. The molecule has 2 atom stereocenters. The Morgan fingerprint density at radius 1 is 1.24 bits per heavy atom. The lowest BCUT2D eigenvalue weighted by Gasteiger charge is -2.38. The van der Waals surface area contributed by atoms with Crippen molar-refractivity contribution >= 4 is 0 Å². The monoisotopic (exact) mass is 247 g/mol. The van der Waals surface area contributed by atoms with Gasteiger partial charge in [0.25, 0.3) is 0 Å². The molecule has 17 heavy (non-hydrogen) atoms. The number of aliphatic hydroxyl groups is 3. The third-order valence-corrected chi connectivity index (χ3v) is 3.34. The first-order chi connectivity index (χ1) is 7.85. The zero-order valence-electron chi connectivity index (χ0n) is 11.7. The Balaban J connectivity index is 4.30. The van der Waals surface area contributed by atoms with Gasteiger partial charge >= 0.3 is 0 Å². The van der Waals surface area contributed by atoms with Gasteiger partial charge in [0, 0.05) is 6.54 Å². The van der Waals surface area contributed by atoms with E-state index in [2.05, 4.69) is 13.8 Å². The van der Waals surface area contributed by atoms with Gasteiger partial charge in [-0.2, -0.15) is 0 Å². The number of rotatable bonds is 9. The summed E-state index contributed by atoms with van der Waals surface area (Å²) in [6.07, 6.45) is 2.71. The molecule has 0 saturated carbocycles. The molecule has 0 amide bonds. The molecule has 0 fully saturated rings. The molecular weight excluding hydrogens is 218 g/mol. The summed E-state index contributed by atoms with van der Waals surface area (Å²) in [6.45, 7) is 6.50. The molecule has 104 valence electrons. The van der Waals surface area contributed by atoms with E-state index in [1.165, 1.54) is 0 Å². The lowest BCUT2D eigenvalue weighted by atomic mass is 9.88. The van der Waals surface area contributed by atoms with Crippen LogP contribution in [0, 0.1) is 5.92 Å². The quantitative estimate of drug-likeness (QED) is 0.565. The molecule has 3 N–H and O–H groups in total. The second-order valence-corrected chi connectivity index (χ2v) is 5.55. The van der Waals surface area contributed by atoms with Crippen LogP contribution in [0.1, 0.15) is 40.0 Å². The fourth-order valence-corrected chi connectivity index (χ4v) is 2.16. The minimum absolute atomic E-state index is 0.0368. The van der Waals surface area contributed by atoms with E-state index in [1.807, 2.05) is 11.9 Å². The van der Waals surface area contributed by atoms with E-state index in [-0.39, 0.29) is 19.3 Å². The van der Waals surface area contributed by atoms with Crippen LogP contribution in [-0.4, -0.2) is 58.7 Å². The average Bonchev–Trinajstić information content (AvgIpc) is 2.17. The fourth-order valence-electron chi connectivity index (χ4n) is 2.16. The van der Waals surface area contributed by atoms with Crippen LogP contribution in [0.25, 0.3) is 0 Å². The summed E-state index contributed by atoms with van der Waals surface area (Å²) >= 11 is 0. The molecule has 0 aliphatic carbocycles. The molecule has 0 aliphatic rings. The van der Waals surface area contributed by atoms with E-state index < -0.39 is 5.60 Å². The molecule has 0 aliphatic heterocycles. The summed E-state index contributed by atoms with van der Waals surface area (Å²) in [5.41, 5.74) is -0.909. The van der Waals surface area contributed by atoms with Crippen LogP contribution >= 0.6 is 0 Å². The van der Waals surface area contributed by atoms with Gasteiger partial charge < -0.3 is 15.3 Å². The van der Waals surface area contributed by atoms with Crippen LogP contribution in [0.5, 0.6) is 0 Å². The molecule has 2 unspecified atom stereocenters. The van der Waals surface area contributed by atoms with Gasteiger partial charge in [0.1, 0.15) is 0 Å². The molecular formula is C13H29NO3. The van der Waals surface area contributed by atoms with Crippen LogP contribution in [0.15, 0.2) is 0 Å². The van der Waals surface area contributed by atoms with Crippen molar-refractivity contribution in [2.45, 2.75) is 51.7 Å². The van der Waals surface area contributed by atoms with Crippen LogP contribution < -0.4 is 0 Å². The predicted octanol–water partition coefficient (Wildman–Crippen LogP) is 0.849. The van der Waals surface area contributed by atoms with Crippen LogP contribution in [0.3, 0.4) is 0 Å². The summed E-state index contributed by atoms with van der Waals surface area (Å²) in [5, 5.41) is 28.7. The highest BCUT2D eigenvalue weighted by Gasteiger charge is 2.33. The number of hydrogen-bond donors (Lipinski definition) is 3. The Morgan fingerprint density at radius 3 is 2.24 bits per heavy atom. The second-order valence-electron chi connectivity index (χ2n) is 5.55. The molecule has 0 aromatic heterocycles. The van der Waals surface area contributed by atoms with Crippen molar-refractivity contribution in [3.05, 3.63) is 0 Å². The molecule has 0 radical (unpaired) electrons. The Bertz CT molecular complexity index is 195. The molecule has 0 spiro atoms. The molecule has 0 aromatic rings. The molecule has 0 bridgehead atoms. The van der Waals surface area contributed by atoms with Crippen LogP contribution in [0.4, 0.5) is 0 Å². The zero-order chi connectivity index (χ0) is 13.5. The summed E-state index contributed by atoms with van der Waals surface area (Å²) in [4.78, 5) is 1.81. The van der Waals surface area contributed by atoms with Gasteiger partial charge in [-0.05, 0) is 26.3 Å². The standard InChI is InChI=1S/C13H29NO3/c1-11(2)6-5-7-13(3,17)12(10-16)14(4)8-9-15/h11-12,15-17H,5-10H2,1-4H3. The maximum atomic E-state index is 10.4. The zero-order valence-corrected chi connectivity index (χ0v) is 11.7. The first kappa shape index (κ1) is 16.8. The molecule has 0 heterocycles. The summed E-state index contributed by atoms with van der Waals surface area (Å²) in [5.74, 6) is 0.633. The predicted molar refractivity (Wildman–Crippen MR) is 69.9 cm³/mol. The lowest BCUT2D eigenvalue weighted by molar-refractivity contribution is -0.0568. The summed E-state index contributed by atoms with van der Waals surface area (Å²) < 4.78 is 0. The smallest absolute Gasteiger partial charge is 0.0796 e. The number of hydrogen-bond acceptors (Lipinski definition) is 4. The average molecular weight is 247 g/mol. The Hall–Kier alpha value is -0.160. The normalized spacial score (nSPS) is 17.5. The Morgan fingerprint density at radius 2 is 1.82 bits per heavy atom. The van der Waals surface area contributed by atoms with Gasteiger partial charge in [-0.15, -0.1) is 0 Å². The lowest BCUT2D eigenvalue weighted by Crippen LogP contribution is -2.52. The SMILES string of the molecule is CC(C)CCCC(C)(O)C(CO)N(C)CCO. The fraction of sp³-hybridized carbons (Fsp3) is 1.00. The van der Waals surface area contributed by atoms with E-state index in [4.69, 9.17) is 5.11 Å². The largest absolute Gasteiger partial charge is 0.395 e. The third-order valence-electron chi connectivity index (χ3n) is 3.34. The van der Waals surface area contributed by atoms with Gasteiger partial charge in [-0.25, -0.2) is 0 Å². The van der Waals surface area contributed by atoms with Gasteiger partial charge in [-0.1, -0.05) is 26.7 Å². The van der Waals surface area contributed by atoms with E-state index in [0.717, 1.165) is 12.8 Å². The molecule has 0 saturated heterocycles. The van der Waals surface area contributed by atoms with E-state index in [0.29, 0.717) is 18.9 Å². The Labute approximate surface area is 105 Å². The van der Waals surface area contributed by atoms with Crippen molar-refractivity contribution in [2.75, 3.05) is 26.8 Å². The van der Waals surface area contributed by atoms with Crippen LogP contribution in [0.2, 0.25) is 0 Å². The first-order valence-corrected chi connectivity index (χ1v) is 6.49. The maximum absolute atomic E-state index is 10.4. The van der Waals surface area contributed by atoms with Gasteiger partial charge in [0.2, 0.25) is 0 Å². The van der Waals surface area contributed by atoms with Gasteiger partial charge in [0.05, 0.1) is 24.9 Å². The minimum atomic E-state index is -0.909. The summed E-state index contributed by atoms with van der Waals surface area (Å²) in [7, 11) is 1.81. The minimum Gasteiger partial charge on any atom is -0.395 e. The van der Waals surface area contributed by atoms with E-state index in [9.17, 15) is 10.2 Å². The van der Waals surface area contributed by atoms with Gasteiger partial charge in [0.15, 0.2) is 0 Å². The number of likely N-dealkylation sites (N-methyl/N-ethyl adjacent to an activating group) is 1. The molecule has 0 aromatic carbocycles. The van der Waals surface area contributed by atoms with Crippen molar-refractivity contribution in [1.82, 2.24) is 4.90 Å². The maximum Gasteiger partial charge on any atom is 0.0796 e. The number of nitrogens with zero attached hydrogens (tertiary/aromatic N) is 1. The molecule has 0 rings (SSSR count). The first-order valence-electron chi connectivity index (χ1n) is 6.49. The van der Waals surface area contributed by atoms with Crippen LogP contribution in [-0.2, 0) is 0 Å².